The van der Waals surface area contributed by atoms with Crippen molar-refractivity contribution in [3.05, 3.63) is 5.48 Å². The van der Waals surface area contributed by atoms with Crippen molar-refractivity contribution in [3.8, 4) is 0 Å². The van der Waals surface area contributed by atoms with Gasteiger partial charge in [0.2, 0.25) is 23.5 Å². The number of hydrogen-bond acceptors (Lipinski definition) is 6. The molecule has 2 aliphatic heterocycles. The fraction of sp³-hybridized carbons (Fsp3) is 0.857. The fourth-order valence-corrected chi connectivity index (χ4v) is 4.97. The number of Topliss-reactive ketones (excluding diaryl/α,β-unsaturated/α-hetero) is 1. The van der Waals surface area contributed by atoms with Gasteiger partial charge in [-0.1, -0.05) is 26.2 Å². The van der Waals surface area contributed by atoms with Gasteiger partial charge < -0.3 is 30.6 Å². The third kappa shape index (κ3) is 14.8. The van der Waals surface area contributed by atoms with Crippen LogP contribution in [0.1, 0.15) is 90.9 Å². The van der Waals surface area contributed by atoms with Gasteiger partial charge >= 0.3 is 0 Å². The van der Waals surface area contributed by atoms with Crippen molar-refractivity contribution < 1.29 is 70.2 Å². The molecule has 4 aliphatic rings. The van der Waals surface area contributed by atoms with Crippen LogP contribution in [0.25, 0.3) is 5.48 Å². The predicted molar refractivity (Wildman–Crippen MR) is 146 cm³/mol. The van der Waals surface area contributed by atoms with E-state index < -0.39 is 23.7 Å². The second kappa shape index (κ2) is 19.3. The monoisotopic (exact) mass is 662 g/mol. The summed E-state index contributed by atoms with van der Waals surface area (Å²) < 4.78 is 28.0. The van der Waals surface area contributed by atoms with Crippen LogP contribution in [-0.4, -0.2) is 86.4 Å². The van der Waals surface area contributed by atoms with Crippen molar-refractivity contribution in [2.75, 3.05) is 40.0 Å². The van der Waals surface area contributed by atoms with Gasteiger partial charge in [-0.2, -0.15) is 0 Å². The molecule has 233 valence electrons. The first-order valence-electron chi connectivity index (χ1n) is 14.6. The minimum absolute atomic E-state index is 0. The number of alkyl halides is 2. The number of ether oxygens (including phenoxy) is 1. The smallest absolute Gasteiger partial charge is 0.289 e. The SMILES string of the molecule is C1CCOCC1.CCC(C)(F)F.CO[N-]CC(=O)N1CC2(CCCCC2)CC1C(=O)NCC(=O)C(=O)NC1CC1.[Y]. The molecule has 1 spiro atoms. The minimum Gasteiger partial charge on any atom is -0.527 e. The van der Waals surface area contributed by atoms with Crippen LogP contribution in [0.15, 0.2) is 0 Å². The zero-order valence-electron chi connectivity index (χ0n) is 24.9. The van der Waals surface area contributed by atoms with Gasteiger partial charge in [-0.25, -0.2) is 8.78 Å². The summed E-state index contributed by atoms with van der Waals surface area (Å²) in [6, 6.07) is -0.553. The van der Waals surface area contributed by atoms with Crippen LogP contribution in [0.2, 0.25) is 0 Å². The molecule has 4 rings (SSSR count). The Kier molecular flexibility index (Phi) is 17.8. The zero-order valence-corrected chi connectivity index (χ0v) is 27.7. The van der Waals surface area contributed by atoms with Gasteiger partial charge in [-0.15, -0.1) is 0 Å². The summed E-state index contributed by atoms with van der Waals surface area (Å²) in [5.41, 5.74) is 3.60. The standard InChI is InChI=1S/C19H29N4O5.C5H10O.C4H8F2.Y/c1-28-21-11-16(25)23-12-19(7-3-2-4-8-19)9-14(23)17(26)20-10-15(24)18(27)22-13-5-6-13;1-2-4-6-5-3-1;1-3-4(2,5)6;/h13-14H,2-12H2,1H3,(H,20,26)(H,22,27);1-5H2;3H2,1-2H3;/q-1;;;. The van der Waals surface area contributed by atoms with E-state index in [1.54, 1.807) is 4.90 Å². The van der Waals surface area contributed by atoms with Gasteiger partial charge in [-0.3, -0.25) is 19.2 Å². The number of amides is 3. The van der Waals surface area contributed by atoms with Gasteiger partial charge in [0, 0.05) is 72.0 Å². The Hall–Kier alpha value is -1.08. The van der Waals surface area contributed by atoms with Crippen molar-refractivity contribution in [1.82, 2.24) is 15.5 Å². The molecule has 3 amide bonds. The molecule has 2 aliphatic carbocycles. The Balaban J connectivity index is 0.000000538. The van der Waals surface area contributed by atoms with Crippen LogP contribution in [-0.2, 0) is 61.5 Å². The van der Waals surface area contributed by atoms with E-state index in [2.05, 4.69) is 21.0 Å². The quantitative estimate of drug-likeness (QED) is 0.287. The molecule has 2 heterocycles. The number of nitrogens with one attached hydrogen (secondary N) is 2. The summed E-state index contributed by atoms with van der Waals surface area (Å²) >= 11 is 0. The summed E-state index contributed by atoms with van der Waals surface area (Å²) in [5.74, 6) is -4.44. The molecule has 1 unspecified atom stereocenters. The first-order valence-corrected chi connectivity index (χ1v) is 14.6. The van der Waals surface area contributed by atoms with Crippen LogP contribution in [0.3, 0.4) is 0 Å². The molecular formula is C28H47F2N4O6Y-. The van der Waals surface area contributed by atoms with Gasteiger partial charge in [0.1, 0.15) is 6.04 Å². The molecule has 2 N–H and O–H groups in total. The van der Waals surface area contributed by atoms with Crippen LogP contribution in [0.5, 0.6) is 0 Å². The van der Waals surface area contributed by atoms with E-state index in [4.69, 9.17) is 4.74 Å². The molecule has 41 heavy (non-hydrogen) atoms. The van der Waals surface area contributed by atoms with Crippen LogP contribution in [0, 0.1) is 5.41 Å². The summed E-state index contributed by atoms with van der Waals surface area (Å²) in [5, 5.41) is 5.17. The molecule has 1 radical (unpaired) electrons. The van der Waals surface area contributed by atoms with Crippen molar-refractivity contribution in [3.63, 3.8) is 0 Å². The molecule has 2 saturated heterocycles. The van der Waals surface area contributed by atoms with E-state index in [1.807, 2.05) is 0 Å². The number of carbonyl (C=O) groups excluding carboxylic acids is 4. The number of likely N-dealkylation sites (tertiary alicyclic amines) is 1. The summed E-state index contributed by atoms with van der Waals surface area (Å²) in [6.45, 7) is 4.40. The van der Waals surface area contributed by atoms with Crippen molar-refractivity contribution in [2.24, 2.45) is 5.41 Å². The third-order valence-corrected chi connectivity index (χ3v) is 7.66. The van der Waals surface area contributed by atoms with Crippen molar-refractivity contribution >= 4 is 23.5 Å². The maximum atomic E-state index is 12.8. The topological polar surface area (TPSA) is 128 Å². The van der Waals surface area contributed by atoms with E-state index >= 15 is 0 Å². The summed E-state index contributed by atoms with van der Waals surface area (Å²) in [6.07, 6.45) is 11.6. The molecule has 13 heteroatoms. The molecule has 0 aromatic rings. The normalized spacial score (nSPS) is 21.3. The third-order valence-electron chi connectivity index (χ3n) is 7.66. The maximum Gasteiger partial charge on any atom is 0.289 e. The Bertz CT molecular complexity index is 819. The van der Waals surface area contributed by atoms with E-state index in [9.17, 15) is 28.0 Å². The van der Waals surface area contributed by atoms with Gasteiger partial charge in [0.15, 0.2) is 0 Å². The summed E-state index contributed by atoms with van der Waals surface area (Å²) in [7, 11) is 1.38. The molecule has 2 saturated carbocycles. The Morgan fingerprint density at radius 3 is 2.10 bits per heavy atom. The number of hydroxylamine groups is 1. The average Bonchev–Trinajstić information content (AvgIpc) is 3.70. The largest absolute Gasteiger partial charge is 0.527 e. The molecule has 0 bridgehead atoms. The second-order valence-electron chi connectivity index (χ2n) is 11.3. The first-order chi connectivity index (χ1) is 19.0. The van der Waals surface area contributed by atoms with E-state index in [0.717, 1.165) is 58.7 Å². The molecule has 10 nitrogen and oxygen atoms in total. The Labute approximate surface area is 268 Å². The second-order valence-corrected chi connectivity index (χ2v) is 11.3. The number of hydrogen-bond donors (Lipinski definition) is 2. The van der Waals surface area contributed by atoms with Gasteiger partial charge in [0.05, 0.1) is 6.54 Å². The van der Waals surface area contributed by atoms with Crippen molar-refractivity contribution in [2.45, 2.75) is 109 Å². The molecule has 0 aromatic heterocycles. The van der Waals surface area contributed by atoms with E-state index in [-0.39, 0.29) is 75.5 Å². The van der Waals surface area contributed by atoms with E-state index in [0.29, 0.717) is 13.0 Å². The average molecular weight is 663 g/mol. The molecular weight excluding hydrogens is 615 g/mol. The van der Waals surface area contributed by atoms with Crippen LogP contribution >= 0.6 is 0 Å². The summed E-state index contributed by atoms with van der Waals surface area (Å²) in [4.78, 5) is 55.2. The molecule has 0 aromatic carbocycles. The van der Waals surface area contributed by atoms with Crippen LogP contribution in [0.4, 0.5) is 8.78 Å². The predicted octanol–water partition coefficient (Wildman–Crippen LogP) is 3.67. The van der Waals surface area contributed by atoms with Crippen molar-refractivity contribution in [1.29, 1.82) is 0 Å². The number of rotatable bonds is 9. The molecule has 1 atom stereocenters. The Morgan fingerprint density at radius 2 is 1.63 bits per heavy atom. The molecule has 4 fully saturated rings. The number of ketones is 1. The number of carbonyl (C=O) groups is 4. The minimum atomic E-state index is -2.46. The maximum absolute atomic E-state index is 12.8. The Morgan fingerprint density at radius 1 is 1.05 bits per heavy atom. The number of nitrogens with zero attached hydrogens (tertiary/aromatic N) is 2. The number of halogens is 2. The fourth-order valence-electron chi connectivity index (χ4n) is 4.97. The van der Waals surface area contributed by atoms with Gasteiger partial charge in [0.25, 0.3) is 5.91 Å². The van der Waals surface area contributed by atoms with E-state index in [1.165, 1.54) is 39.7 Å². The first kappa shape index (κ1) is 37.9. The zero-order chi connectivity index (χ0) is 29.6. The van der Waals surface area contributed by atoms with Gasteiger partial charge in [-0.05, 0) is 70.3 Å². The van der Waals surface area contributed by atoms with Crippen LogP contribution < -0.4 is 10.6 Å².